The van der Waals surface area contributed by atoms with E-state index in [1.807, 2.05) is 0 Å². The Balaban J connectivity index is 1.43. The third-order valence-corrected chi connectivity index (χ3v) is 9.19. The number of fused-ring (bicyclic) bond motifs is 8. The van der Waals surface area contributed by atoms with Gasteiger partial charge in [0, 0.05) is 21.5 Å². The molecule has 42 heavy (non-hydrogen) atoms. The number of nitrogens with zero attached hydrogens (tertiary/aromatic N) is 1. The van der Waals surface area contributed by atoms with Crippen LogP contribution in [0.4, 0.5) is 0 Å². The Labute approximate surface area is 244 Å². The van der Waals surface area contributed by atoms with Crippen molar-refractivity contribution in [2.45, 2.75) is 19.8 Å². The first-order chi connectivity index (χ1) is 20.6. The molecule has 0 atom stereocenters. The third-order valence-electron chi connectivity index (χ3n) is 9.19. The van der Waals surface area contributed by atoms with Crippen LogP contribution in [0.2, 0.25) is 0 Å². The van der Waals surface area contributed by atoms with Gasteiger partial charge < -0.3 is 4.40 Å². The summed E-state index contributed by atoms with van der Waals surface area (Å²) in [6, 6.07) is 49.8. The van der Waals surface area contributed by atoms with Gasteiger partial charge in [0.2, 0.25) is 0 Å². The van der Waals surface area contributed by atoms with Crippen LogP contribution >= 0.6 is 0 Å². The van der Waals surface area contributed by atoms with Gasteiger partial charge >= 0.3 is 0 Å². The zero-order valence-corrected chi connectivity index (χ0v) is 23.7. The average molecular weight is 536 g/mol. The standard InChI is InChI=1S/C41H29N/c1-25(2)31-16-32(26-10-4-3-5-11-26)18-33(17-31)34-21-37-35-19-27-12-6-8-14-29(27)23-39(35)42-40-24-30-15-9-7-13-28(30)20-36(40)38(22-34)41(37)42/h3-25H,1-2H3. The molecule has 0 radical (unpaired) electrons. The highest BCUT2D eigenvalue weighted by atomic mass is 14.9. The first-order valence-electron chi connectivity index (χ1n) is 14.9. The normalized spacial score (nSPS) is 12.3. The Morgan fingerprint density at radius 3 is 1.38 bits per heavy atom. The SMILES string of the molecule is CC(C)c1cc(-c2ccccc2)cc(-c2cc3c4cc5ccccc5cc4n4c5cc6ccccc6cc5c(c2)c34)c1. The second kappa shape index (κ2) is 8.68. The van der Waals surface area contributed by atoms with Crippen LogP contribution < -0.4 is 0 Å². The van der Waals surface area contributed by atoms with Crippen LogP contribution in [0.15, 0.2) is 133 Å². The van der Waals surface area contributed by atoms with E-state index in [4.69, 9.17) is 0 Å². The van der Waals surface area contributed by atoms with Crippen LogP contribution in [-0.2, 0) is 0 Å². The molecule has 0 aliphatic carbocycles. The van der Waals surface area contributed by atoms with Crippen molar-refractivity contribution in [3.05, 3.63) is 139 Å². The van der Waals surface area contributed by atoms with Gasteiger partial charge in [-0.15, -0.1) is 0 Å². The summed E-state index contributed by atoms with van der Waals surface area (Å²) in [5.41, 5.74) is 10.3. The Morgan fingerprint density at radius 2 is 0.857 bits per heavy atom. The van der Waals surface area contributed by atoms with Crippen molar-refractivity contribution in [1.29, 1.82) is 0 Å². The number of benzene rings is 7. The van der Waals surface area contributed by atoms with E-state index in [0.717, 1.165) is 0 Å². The molecule has 0 unspecified atom stereocenters. The van der Waals surface area contributed by atoms with Gasteiger partial charge in [0.1, 0.15) is 0 Å². The lowest BCUT2D eigenvalue weighted by atomic mass is 9.91. The zero-order valence-electron chi connectivity index (χ0n) is 23.7. The second-order valence-corrected chi connectivity index (χ2v) is 12.1. The van der Waals surface area contributed by atoms with Crippen molar-refractivity contribution in [2.24, 2.45) is 0 Å². The summed E-state index contributed by atoms with van der Waals surface area (Å²) in [5.74, 6) is 0.437. The van der Waals surface area contributed by atoms with Crippen molar-refractivity contribution in [1.82, 2.24) is 4.40 Å². The van der Waals surface area contributed by atoms with Gasteiger partial charge in [-0.2, -0.15) is 0 Å². The third kappa shape index (κ3) is 3.37. The van der Waals surface area contributed by atoms with E-state index >= 15 is 0 Å². The molecule has 2 heterocycles. The molecule has 0 aliphatic heterocycles. The molecule has 1 nitrogen and oxygen atoms in total. The largest absolute Gasteiger partial charge is 0.308 e. The lowest BCUT2D eigenvalue weighted by Gasteiger charge is -2.13. The van der Waals surface area contributed by atoms with Crippen LogP contribution in [0.25, 0.3) is 81.9 Å². The van der Waals surface area contributed by atoms with Gasteiger partial charge in [-0.05, 0) is 97.7 Å². The lowest BCUT2D eigenvalue weighted by Crippen LogP contribution is -1.91. The maximum atomic E-state index is 2.51. The summed E-state index contributed by atoms with van der Waals surface area (Å²) in [7, 11) is 0. The molecule has 0 spiro atoms. The molecule has 0 saturated heterocycles. The summed E-state index contributed by atoms with van der Waals surface area (Å²) in [6.07, 6.45) is 0. The molecule has 198 valence electrons. The van der Waals surface area contributed by atoms with E-state index in [9.17, 15) is 0 Å². The van der Waals surface area contributed by atoms with Gasteiger partial charge in [-0.1, -0.05) is 105 Å². The van der Waals surface area contributed by atoms with Crippen molar-refractivity contribution in [3.8, 4) is 22.3 Å². The van der Waals surface area contributed by atoms with Crippen LogP contribution in [0.1, 0.15) is 25.3 Å². The molecule has 1 heteroatoms. The number of rotatable bonds is 3. The minimum Gasteiger partial charge on any atom is -0.308 e. The monoisotopic (exact) mass is 535 g/mol. The van der Waals surface area contributed by atoms with Gasteiger partial charge in [-0.25, -0.2) is 0 Å². The molecule has 9 rings (SSSR count). The van der Waals surface area contributed by atoms with Gasteiger partial charge in [-0.3, -0.25) is 0 Å². The Bertz CT molecular complexity index is 2350. The molecule has 0 N–H and O–H groups in total. The molecule has 0 bridgehead atoms. The minimum absolute atomic E-state index is 0.437. The minimum atomic E-state index is 0.437. The van der Waals surface area contributed by atoms with E-state index in [1.165, 1.54) is 87.5 Å². The molecule has 7 aromatic carbocycles. The summed E-state index contributed by atoms with van der Waals surface area (Å²) in [5, 5.41) is 10.4. The summed E-state index contributed by atoms with van der Waals surface area (Å²) in [6.45, 7) is 4.58. The lowest BCUT2D eigenvalue weighted by molar-refractivity contribution is 0.867. The first kappa shape index (κ1) is 23.6. The molecular weight excluding hydrogens is 506 g/mol. The van der Waals surface area contributed by atoms with Crippen LogP contribution in [0, 0.1) is 0 Å². The maximum Gasteiger partial charge on any atom is 0.0620 e. The molecule has 0 amide bonds. The van der Waals surface area contributed by atoms with E-state index in [0.29, 0.717) is 5.92 Å². The molecule has 0 aliphatic rings. The quantitative estimate of drug-likeness (QED) is 0.212. The highest BCUT2D eigenvalue weighted by Crippen LogP contribution is 2.44. The molecule has 0 fully saturated rings. The van der Waals surface area contributed by atoms with E-state index < -0.39 is 0 Å². The summed E-state index contributed by atoms with van der Waals surface area (Å²) < 4.78 is 2.51. The maximum absolute atomic E-state index is 2.51. The molecule has 0 saturated carbocycles. The van der Waals surface area contributed by atoms with E-state index in [1.54, 1.807) is 0 Å². The van der Waals surface area contributed by atoms with Crippen molar-refractivity contribution in [2.75, 3.05) is 0 Å². The van der Waals surface area contributed by atoms with Gasteiger partial charge in [0.25, 0.3) is 0 Å². The zero-order chi connectivity index (χ0) is 27.9. The molecule has 9 aromatic rings. The van der Waals surface area contributed by atoms with Crippen molar-refractivity contribution < 1.29 is 0 Å². The Kier molecular flexibility index (Phi) is 4.87. The van der Waals surface area contributed by atoms with Crippen molar-refractivity contribution >= 4 is 59.6 Å². The van der Waals surface area contributed by atoms with Crippen LogP contribution in [0.5, 0.6) is 0 Å². The number of hydrogen-bond acceptors (Lipinski definition) is 0. The second-order valence-electron chi connectivity index (χ2n) is 12.1. The fourth-order valence-electron chi connectivity index (χ4n) is 7.03. The molecular formula is C41H29N. The predicted octanol–water partition coefficient (Wildman–Crippen LogP) is 11.6. The van der Waals surface area contributed by atoms with Crippen LogP contribution in [0.3, 0.4) is 0 Å². The topological polar surface area (TPSA) is 4.41 Å². The first-order valence-corrected chi connectivity index (χ1v) is 14.9. The van der Waals surface area contributed by atoms with E-state index in [2.05, 4.69) is 152 Å². The Morgan fingerprint density at radius 1 is 0.405 bits per heavy atom. The number of aromatic nitrogens is 1. The van der Waals surface area contributed by atoms with E-state index in [-0.39, 0.29) is 0 Å². The smallest absolute Gasteiger partial charge is 0.0620 e. The Hall–Kier alpha value is -5.14. The number of hydrogen-bond donors (Lipinski definition) is 0. The highest BCUT2D eigenvalue weighted by molar-refractivity contribution is 6.27. The average Bonchev–Trinajstić information content (AvgIpc) is 3.53. The molecule has 2 aromatic heterocycles. The van der Waals surface area contributed by atoms with Crippen LogP contribution in [-0.4, -0.2) is 4.40 Å². The summed E-state index contributed by atoms with van der Waals surface area (Å²) in [4.78, 5) is 0. The fraction of sp³-hybridized carbons (Fsp3) is 0.0732. The van der Waals surface area contributed by atoms with Gasteiger partial charge in [0.15, 0.2) is 0 Å². The fourth-order valence-corrected chi connectivity index (χ4v) is 7.03. The van der Waals surface area contributed by atoms with Crippen molar-refractivity contribution in [3.63, 3.8) is 0 Å². The summed E-state index contributed by atoms with van der Waals surface area (Å²) >= 11 is 0. The van der Waals surface area contributed by atoms with Gasteiger partial charge in [0.05, 0.1) is 16.6 Å². The highest BCUT2D eigenvalue weighted by Gasteiger charge is 2.20. The predicted molar refractivity (Wildman–Crippen MR) is 181 cm³/mol.